The molecule has 0 bridgehead atoms. The molecule has 3 fully saturated rings. The Morgan fingerprint density at radius 3 is 2.45 bits per heavy atom. The highest BCUT2D eigenvalue weighted by Gasteiger charge is 2.37. The maximum absolute atomic E-state index is 13.5. The van der Waals surface area contributed by atoms with Crippen molar-refractivity contribution >= 4 is 11.7 Å². The van der Waals surface area contributed by atoms with Gasteiger partial charge in [0.05, 0.1) is 6.04 Å². The predicted octanol–water partition coefficient (Wildman–Crippen LogP) is 6.34. The van der Waals surface area contributed by atoms with Crippen molar-refractivity contribution < 1.29 is 4.79 Å². The fourth-order valence-electron chi connectivity index (χ4n) is 5.10. The third-order valence-corrected chi connectivity index (χ3v) is 7.11. The molecule has 2 aliphatic heterocycles. The highest BCUT2D eigenvalue weighted by atomic mass is 16.2. The highest BCUT2D eigenvalue weighted by molar-refractivity contribution is 5.96. The van der Waals surface area contributed by atoms with Gasteiger partial charge in [-0.1, -0.05) is 63.3 Å². The molecule has 4 rings (SSSR count). The third-order valence-electron chi connectivity index (χ3n) is 7.11. The van der Waals surface area contributed by atoms with Crippen LogP contribution in [-0.4, -0.2) is 41.5 Å². The fourth-order valence-corrected chi connectivity index (χ4v) is 5.10. The van der Waals surface area contributed by atoms with E-state index in [2.05, 4.69) is 61.2 Å². The Labute approximate surface area is 188 Å². The van der Waals surface area contributed by atoms with Crippen molar-refractivity contribution in [1.29, 1.82) is 0 Å². The predicted molar refractivity (Wildman–Crippen MR) is 129 cm³/mol. The Morgan fingerprint density at radius 1 is 1.06 bits per heavy atom. The van der Waals surface area contributed by atoms with Crippen LogP contribution in [0, 0.1) is 5.92 Å². The first kappa shape index (κ1) is 22.1. The normalized spacial score (nSPS) is 23.7. The maximum atomic E-state index is 13.5. The molecule has 1 saturated carbocycles. The number of anilines is 1. The monoisotopic (exact) mass is 421 g/mol. The van der Waals surface area contributed by atoms with Crippen molar-refractivity contribution in [3.05, 3.63) is 53.8 Å². The first-order valence-corrected chi connectivity index (χ1v) is 12.4. The van der Waals surface area contributed by atoms with E-state index < -0.39 is 0 Å². The van der Waals surface area contributed by atoms with Gasteiger partial charge < -0.3 is 0 Å². The molecule has 1 unspecified atom stereocenters. The number of nitrogens with zero attached hydrogens (tertiary/aromatic N) is 3. The SMILES string of the molecule is CC/C=C\C(=C/CC1CCCCC1)N1C(=O)N(c2ccc(CN3CCC3)cc2)CC1C. The number of urea groups is 1. The van der Waals surface area contributed by atoms with Crippen LogP contribution >= 0.6 is 0 Å². The molecule has 1 aliphatic carbocycles. The van der Waals surface area contributed by atoms with E-state index in [1.54, 1.807) is 0 Å². The third kappa shape index (κ3) is 5.41. The molecule has 1 aromatic rings. The lowest BCUT2D eigenvalue weighted by molar-refractivity contribution is 0.172. The zero-order chi connectivity index (χ0) is 21.6. The largest absolute Gasteiger partial charge is 0.329 e. The lowest BCUT2D eigenvalue weighted by atomic mass is 9.87. The molecule has 2 heterocycles. The Hall–Kier alpha value is -2.07. The molecule has 4 nitrogen and oxygen atoms in total. The van der Waals surface area contributed by atoms with Gasteiger partial charge in [-0.2, -0.15) is 0 Å². The van der Waals surface area contributed by atoms with Gasteiger partial charge >= 0.3 is 6.03 Å². The van der Waals surface area contributed by atoms with Gasteiger partial charge in [0.1, 0.15) is 0 Å². The van der Waals surface area contributed by atoms with Crippen LogP contribution in [0.15, 0.2) is 48.2 Å². The molecule has 3 aliphatic rings. The van der Waals surface area contributed by atoms with Gasteiger partial charge in [0.25, 0.3) is 0 Å². The van der Waals surface area contributed by atoms with E-state index in [9.17, 15) is 4.79 Å². The van der Waals surface area contributed by atoms with Gasteiger partial charge in [-0.25, -0.2) is 4.79 Å². The number of allylic oxidation sites excluding steroid dienone is 3. The van der Waals surface area contributed by atoms with Crippen molar-refractivity contribution in [1.82, 2.24) is 9.80 Å². The van der Waals surface area contributed by atoms with E-state index in [0.29, 0.717) is 0 Å². The van der Waals surface area contributed by atoms with Crippen molar-refractivity contribution in [3.63, 3.8) is 0 Å². The Morgan fingerprint density at radius 2 is 1.81 bits per heavy atom. The standard InChI is InChI=1S/C27H39N3O/c1-3-4-11-26(17-12-23-9-6-5-7-10-23)30-22(2)20-29(27(30)31)25-15-13-24(14-16-25)21-28-18-8-19-28/h4,11,13-17,22-23H,3,5-10,12,18-21H2,1-2H3/b11-4-,26-17+. The summed E-state index contributed by atoms with van der Waals surface area (Å²) in [6.45, 7) is 8.50. The maximum Gasteiger partial charge on any atom is 0.329 e. The fraction of sp³-hybridized carbons (Fsp3) is 0.593. The number of hydrogen-bond donors (Lipinski definition) is 0. The first-order chi connectivity index (χ1) is 15.2. The molecule has 0 spiro atoms. The van der Waals surface area contributed by atoms with Crippen molar-refractivity contribution in [2.24, 2.45) is 5.92 Å². The zero-order valence-corrected chi connectivity index (χ0v) is 19.4. The summed E-state index contributed by atoms with van der Waals surface area (Å²) in [6.07, 6.45) is 16.8. The number of hydrogen-bond acceptors (Lipinski definition) is 2. The average Bonchev–Trinajstić information content (AvgIpc) is 3.06. The van der Waals surface area contributed by atoms with Gasteiger partial charge in [0, 0.05) is 24.5 Å². The summed E-state index contributed by atoms with van der Waals surface area (Å²) < 4.78 is 0. The topological polar surface area (TPSA) is 26.8 Å². The number of carbonyl (C=O) groups excluding carboxylic acids is 1. The van der Waals surface area contributed by atoms with E-state index in [1.165, 1.54) is 57.2 Å². The van der Waals surface area contributed by atoms with Crippen LogP contribution in [0.5, 0.6) is 0 Å². The lowest BCUT2D eigenvalue weighted by Crippen LogP contribution is -2.36. The minimum Gasteiger partial charge on any atom is -0.299 e. The lowest BCUT2D eigenvalue weighted by Gasteiger charge is -2.30. The van der Waals surface area contributed by atoms with Crippen molar-refractivity contribution in [3.8, 4) is 0 Å². The summed E-state index contributed by atoms with van der Waals surface area (Å²) in [5, 5.41) is 0. The summed E-state index contributed by atoms with van der Waals surface area (Å²) in [5.74, 6) is 0.779. The molecular weight excluding hydrogens is 382 g/mol. The summed E-state index contributed by atoms with van der Waals surface area (Å²) >= 11 is 0. The quantitative estimate of drug-likeness (QED) is 0.458. The molecule has 0 N–H and O–H groups in total. The zero-order valence-electron chi connectivity index (χ0n) is 19.4. The second kappa shape index (κ2) is 10.5. The Kier molecular flexibility index (Phi) is 7.49. The van der Waals surface area contributed by atoms with Crippen LogP contribution in [0.4, 0.5) is 10.5 Å². The van der Waals surface area contributed by atoms with Gasteiger partial charge in [-0.05, 0) is 69.0 Å². The molecule has 31 heavy (non-hydrogen) atoms. The molecule has 4 heteroatoms. The number of rotatable bonds is 8. The molecule has 2 saturated heterocycles. The van der Waals surface area contributed by atoms with Gasteiger partial charge in [-0.15, -0.1) is 0 Å². The molecular formula is C27H39N3O. The molecule has 1 atom stereocenters. The van der Waals surface area contributed by atoms with Gasteiger partial charge in [0.15, 0.2) is 0 Å². The molecule has 168 valence electrons. The Bertz CT molecular complexity index is 787. The molecule has 0 aromatic heterocycles. The summed E-state index contributed by atoms with van der Waals surface area (Å²) in [7, 11) is 0. The minimum atomic E-state index is 0.110. The molecule has 2 amide bonds. The van der Waals surface area contributed by atoms with Crippen LogP contribution < -0.4 is 4.90 Å². The molecule has 1 aromatic carbocycles. The smallest absolute Gasteiger partial charge is 0.299 e. The van der Waals surface area contributed by atoms with Crippen LogP contribution in [0.1, 0.15) is 70.8 Å². The van der Waals surface area contributed by atoms with Gasteiger partial charge in [-0.3, -0.25) is 14.7 Å². The van der Waals surface area contributed by atoms with Gasteiger partial charge in [0.2, 0.25) is 0 Å². The van der Waals surface area contributed by atoms with Crippen LogP contribution in [0.25, 0.3) is 0 Å². The number of amides is 2. The van der Waals surface area contributed by atoms with E-state index in [1.807, 2.05) is 9.80 Å². The minimum absolute atomic E-state index is 0.110. The summed E-state index contributed by atoms with van der Waals surface area (Å²) in [5.41, 5.74) is 3.43. The summed E-state index contributed by atoms with van der Waals surface area (Å²) in [4.78, 5) is 19.9. The van der Waals surface area contributed by atoms with E-state index in [-0.39, 0.29) is 12.1 Å². The van der Waals surface area contributed by atoms with Crippen molar-refractivity contribution in [2.45, 2.75) is 77.8 Å². The second-order valence-corrected chi connectivity index (χ2v) is 9.59. The highest BCUT2D eigenvalue weighted by Crippen LogP contribution is 2.31. The van der Waals surface area contributed by atoms with E-state index in [0.717, 1.165) is 43.2 Å². The Balaban J connectivity index is 1.46. The summed E-state index contributed by atoms with van der Waals surface area (Å²) in [6, 6.07) is 8.90. The second-order valence-electron chi connectivity index (χ2n) is 9.59. The van der Waals surface area contributed by atoms with E-state index in [4.69, 9.17) is 0 Å². The first-order valence-electron chi connectivity index (χ1n) is 12.4. The van der Waals surface area contributed by atoms with Crippen molar-refractivity contribution in [2.75, 3.05) is 24.5 Å². The number of benzene rings is 1. The number of carbonyl (C=O) groups is 1. The van der Waals surface area contributed by atoms with Crippen LogP contribution in [0.3, 0.4) is 0 Å². The van der Waals surface area contributed by atoms with E-state index >= 15 is 0 Å². The average molecular weight is 422 g/mol. The van der Waals surface area contributed by atoms with Crippen LogP contribution in [0.2, 0.25) is 0 Å². The van der Waals surface area contributed by atoms with Crippen LogP contribution in [-0.2, 0) is 6.54 Å². The number of likely N-dealkylation sites (tertiary alicyclic amines) is 1. The molecule has 0 radical (unpaired) electrons.